The lowest BCUT2D eigenvalue weighted by Gasteiger charge is -2.13. The molecule has 136 valence electrons. The Labute approximate surface area is 160 Å². The normalized spacial score (nSPS) is 10.2. The second-order valence-electron chi connectivity index (χ2n) is 6.08. The number of halogens is 2. The summed E-state index contributed by atoms with van der Waals surface area (Å²) < 4.78 is 19.6. The smallest absolute Gasteiger partial charge is 0.129 e. The molecule has 0 radical (unpaired) electrons. The van der Waals surface area contributed by atoms with E-state index < -0.39 is 0 Å². The fraction of sp³-hybridized carbons (Fsp3) is 0.182. The maximum absolute atomic E-state index is 13.7. The molecule has 0 bridgehead atoms. The molecular formula is C22H23ClFNO. The van der Waals surface area contributed by atoms with Crippen molar-refractivity contribution in [3.05, 3.63) is 101 Å². The summed E-state index contributed by atoms with van der Waals surface area (Å²) in [6, 6.07) is 23.0. The lowest BCUT2D eigenvalue weighted by molar-refractivity contribution is 0.296. The Kier molecular flexibility index (Phi) is 7.64. The van der Waals surface area contributed by atoms with Gasteiger partial charge < -0.3 is 10.1 Å². The first kappa shape index (κ1) is 20.0. The summed E-state index contributed by atoms with van der Waals surface area (Å²) in [6.45, 7) is 3.80. The highest BCUT2D eigenvalue weighted by Crippen LogP contribution is 2.20. The minimum Gasteiger partial charge on any atom is -0.488 e. The third kappa shape index (κ3) is 5.58. The van der Waals surface area contributed by atoms with Crippen LogP contribution in [0.15, 0.2) is 72.8 Å². The number of aryl methyl sites for hydroxylation is 1. The van der Waals surface area contributed by atoms with Gasteiger partial charge in [0.25, 0.3) is 0 Å². The highest BCUT2D eigenvalue weighted by atomic mass is 35.5. The number of benzene rings is 3. The predicted octanol–water partition coefficient (Wildman–Crippen LogP) is 5.42. The Balaban J connectivity index is 0.00000243. The topological polar surface area (TPSA) is 21.3 Å². The molecule has 26 heavy (non-hydrogen) atoms. The van der Waals surface area contributed by atoms with E-state index in [4.69, 9.17) is 4.74 Å². The van der Waals surface area contributed by atoms with Crippen LogP contribution in [0.3, 0.4) is 0 Å². The number of para-hydroxylation sites is 1. The minimum absolute atomic E-state index is 0. The van der Waals surface area contributed by atoms with Gasteiger partial charge in [-0.25, -0.2) is 4.39 Å². The Morgan fingerprint density at radius 2 is 1.46 bits per heavy atom. The summed E-state index contributed by atoms with van der Waals surface area (Å²) >= 11 is 0. The quantitative estimate of drug-likeness (QED) is 0.598. The van der Waals surface area contributed by atoms with Gasteiger partial charge in [-0.3, -0.25) is 0 Å². The SMILES string of the molecule is Cc1ccc(CNCc2ccccc2OCc2ccccc2F)cc1.Cl. The Bertz CT molecular complexity index is 820. The zero-order valence-electron chi connectivity index (χ0n) is 14.7. The van der Waals surface area contributed by atoms with Crippen molar-refractivity contribution in [2.75, 3.05) is 0 Å². The Morgan fingerprint density at radius 3 is 2.19 bits per heavy atom. The molecule has 0 amide bonds. The van der Waals surface area contributed by atoms with Crippen molar-refractivity contribution < 1.29 is 9.13 Å². The number of ether oxygens (including phenoxy) is 1. The van der Waals surface area contributed by atoms with Gasteiger partial charge in [0.2, 0.25) is 0 Å². The van der Waals surface area contributed by atoms with Crippen LogP contribution in [0.2, 0.25) is 0 Å². The summed E-state index contributed by atoms with van der Waals surface area (Å²) in [6.07, 6.45) is 0. The van der Waals surface area contributed by atoms with Crippen molar-refractivity contribution in [2.45, 2.75) is 26.6 Å². The van der Waals surface area contributed by atoms with E-state index >= 15 is 0 Å². The monoisotopic (exact) mass is 371 g/mol. The van der Waals surface area contributed by atoms with E-state index in [1.165, 1.54) is 17.2 Å². The number of hydrogen-bond acceptors (Lipinski definition) is 2. The lowest BCUT2D eigenvalue weighted by atomic mass is 10.1. The molecule has 3 aromatic rings. The van der Waals surface area contributed by atoms with E-state index in [0.717, 1.165) is 17.9 Å². The summed E-state index contributed by atoms with van der Waals surface area (Å²) in [5.74, 6) is 0.541. The van der Waals surface area contributed by atoms with Gasteiger partial charge in [0.15, 0.2) is 0 Å². The molecule has 2 nitrogen and oxygen atoms in total. The molecule has 4 heteroatoms. The summed E-state index contributed by atoms with van der Waals surface area (Å²) in [4.78, 5) is 0. The first-order chi connectivity index (χ1) is 12.2. The highest BCUT2D eigenvalue weighted by molar-refractivity contribution is 5.85. The molecule has 0 fully saturated rings. The van der Waals surface area contributed by atoms with Crippen LogP contribution in [0, 0.1) is 12.7 Å². The zero-order valence-corrected chi connectivity index (χ0v) is 15.6. The molecular weight excluding hydrogens is 349 g/mol. The van der Waals surface area contributed by atoms with E-state index in [9.17, 15) is 4.39 Å². The van der Waals surface area contributed by atoms with E-state index in [2.05, 4.69) is 36.5 Å². The van der Waals surface area contributed by atoms with Gasteiger partial charge in [-0.2, -0.15) is 0 Å². The van der Waals surface area contributed by atoms with Crippen LogP contribution in [0.4, 0.5) is 4.39 Å². The van der Waals surface area contributed by atoms with E-state index in [-0.39, 0.29) is 24.8 Å². The molecule has 0 aliphatic heterocycles. The Morgan fingerprint density at radius 1 is 0.808 bits per heavy atom. The minimum atomic E-state index is -0.238. The third-order valence-electron chi connectivity index (χ3n) is 4.08. The van der Waals surface area contributed by atoms with Crippen LogP contribution < -0.4 is 10.1 Å². The summed E-state index contributed by atoms with van der Waals surface area (Å²) in [5, 5.41) is 3.43. The van der Waals surface area contributed by atoms with Crippen LogP contribution in [-0.2, 0) is 19.7 Å². The van der Waals surface area contributed by atoms with Crippen LogP contribution in [-0.4, -0.2) is 0 Å². The molecule has 0 spiro atoms. The van der Waals surface area contributed by atoms with Crippen LogP contribution in [0.25, 0.3) is 0 Å². The van der Waals surface area contributed by atoms with Crippen molar-refractivity contribution in [2.24, 2.45) is 0 Å². The molecule has 0 aromatic heterocycles. The first-order valence-corrected chi connectivity index (χ1v) is 8.43. The van der Waals surface area contributed by atoms with E-state index in [0.29, 0.717) is 12.1 Å². The van der Waals surface area contributed by atoms with Crippen LogP contribution >= 0.6 is 12.4 Å². The van der Waals surface area contributed by atoms with Gasteiger partial charge in [-0.1, -0.05) is 66.2 Å². The third-order valence-corrected chi connectivity index (χ3v) is 4.08. The summed E-state index contributed by atoms with van der Waals surface area (Å²) in [5.41, 5.74) is 4.13. The highest BCUT2D eigenvalue weighted by Gasteiger charge is 2.06. The molecule has 1 N–H and O–H groups in total. The fourth-order valence-electron chi connectivity index (χ4n) is 2.61. The molecule has 3 rings (SSSR count). The Hall–Kier alpha value is -2.36. The maximum Gasteiger partial charge on any atom is 0.129 e. The van der Waals surface area contributed by atoms with Gasteiger partial charge in [0.1, 0.15) is 18.2 Å². The predicted molar refractivity (Wildman–Crippen MR) is 106 cm³/mol. The molecule has 0 saturated heterocycles. The van der Waals surface area contributed by atoms with Gasteiger partial charge in [0, 0.05) is 24.2 Å². The number of rotatable bonds is 7. The fourth-order valence-corrected chi connectivity index (χ4v) is 2.61. The maximum atomic E-state index is 13.7. The van der Waals surface area contributed by atoms with Crippen molar-refractivity contribution in [1.29, 1.82) is 0 Å². The largest absolute Gasteiger partial charge is 0.488 e. The van der Waals surface area contributed by atoms with Gasteiger partial charge >= 0.3 is 0 Å². The van der Waals surface area contributed by atoms with Gasteiger partial charge in [-0.15, -0.1) is 12.4 Å². The van der Waals surface area contributed by atoms with Crippen molar-refractivity contribution >= 4 is 12.4 Å². The standard InChI is InChI=1S/C22H22FNO.ClH/c1-17-10-12-18(13-11-17)14-24-15-19-6-3-5-9-22(19)25-16-20-7-2-4-8-21(20)23;/h2-13,24H,14-16H2,1H3;1H. The second-order valence-corrected chi connectivity index (χ2v) is 6.08. The average molecular weight is 372 g/mol. The van der Waals surface area contributed by atoms with E-state index in [1.807, 2.05) is 30.3 Å². The van der Waals surface area contributed by atoms with Gasteiger partial charge in [-0.05, 0) is 24.6 Å². The van der Waals surface area contributed by atoms with E-state index in [1.54, 1.807) is 12.1 Å². The summed E-state index contributed by atoms with van der Waals surface area (Å²) in [7, 11) is 0. The molecule has 3 aromatic carbocycles. The first-order valence-electron chi connectivity index (χ1n) is 8.43. The van der Waals surface area contributed by atoms with Crippen molar-refractivity contribution in [1.82, 2.24) is 5.32 Å². The molecule has 0 saturated carbocycles. The zero-order chi connectivity index (χ0) is 17.5. The van der Waals surface area contributed by atoms with Crippen LogP contribution in [0.1, 0.15) is 22.3 Å². The molecule has 0 heterocycles. The number of hydrogen-bond donors (Lipinski definition) is 1. The lowest BCUT2D eigenvalue weighted by Crippen LogP contribution is -2.13. The molecule has 0 aliphatic carbocycles. The molecule has 0 unspecified atom stereocenters. The van der Waals surface area contributed by atoms with Crippen molar-refractivity contribution in [3.8, 4) is 5.75 Å². The number of nitrogens with one attached hydrogen (secondary N) is 1. The van der Waals surface area contributed by atoms with Crippen molar-refractivity contribution in [3.63, 3.8) is 0 Å². The second kappa shape index (κ2) is 9.95. The molecule has 0 atom stereocenters. The molecule has 0 aliphatic rings. The van der Waals surface area contributed by atoms with Gasteiger partial charge in [0.05, 0.1) is 0 Å². The van der Waals surface area contributed by atoms with Crippen LogP contribution in [0.5, 0.6) is 5.75 Å². The average Bonchev–Trinajstić information content (AvgIpc) is 2.64.